The van der Waals surface area contributed by atoms with Crippen molar-refractivity contribution in [1.29, 1.82) is 0 Å². The fourth-order valence-corrected chi connectivity index (χ4v) is 5.89. The topological polar surface area (TPSA) is 110 Å². The van der Waals surface area contributed by atoms with Crippen LogP contribution in [-0.2, 0) is 9.53 Å². The number of nitrogens with zero attached hydrogens (tertiary/aromatic N) is 2. The first-order valence-electron chi connectivity index (χ1n) is 12.4. The Morgan fingerprint density at radius 1 is 0.895 bits per heavy atom. The van der Waals surface area contributed by atoms with E-state index in [0.717, 1.165) is 0 Å². The maximum absolute atomic E-state index is 13.2. The van der Waals surface area contributed by atoms with Crippen molar-refractivity contribution in [1.82, 2.24) is 20.1 Å². The fourth-order valence-electron chi connectivity index (χ4n) is 4.94. The summed E-state index contributed by atoms with van der Waals surface area (Å²) >= 11 is 7.17. The van der Waals surface area contributed by atoms with Crippen molar-refractivity contribution in [2.45, 2.75) is 24.9 Å². The minimum absolute atomic E-state index is 0.0149. The second-order valence-corrected chi connectivity index (χ2v) is 11.0. The number of carbonyl (C=O) groups is 3. The van der Waals surface area contributed by atoms with E-state index in [1.165, 1.54) is 22.0 Å². The lowest BCUT2D eigenvalue weighted by Gasteiger charge is -2.29. The third-order valence-electron chi connectivity index (χ3n) is 6.89. The minimum atomic E-state index is -0.437. The Hall–Kier alpha value is -3.47. The molecule has 0 bridgehead atoms. The number of pyridine rings is 1. The van der Waals surface area contributed by atoms with Gasteiger partial charge in [-0.05, 0) is 55.3 Å². The van der Waals surface area contributed by atoms with Crippen molar-refractivity contribution >= 4 is 40.7 Å². The molecule has 3 amide bonds. The number of amides is 3. The molecule has 9 nitrogen and oxygen atoms in total. The predicted molar refractivity (Wildman–Crippen MR) is 144 cm³/mol. The maximum atomic E-state index is 13.2. The molecule has 3 heterocycles. The second kappa shape index (κ2) is 11.5. The van der Waals surface area contributed by atoms with Gasteiger partial charge in [0.2, 0.25) is 5.91 Å². The zero-order valence-electron chi connectivity index (χ0n) is 20.5. The number of nitrogens with one attached hydrogen (secondary N) is 2. The Kier molecular flexibility index (Phi) is 7.92. The summed E-state index contributed by atoms with van der Waals surface area (Å²) in [6, 6.07) is 14.1. The molecule has 2 fully saturated rings. The van der Waals surface area contributed by atoms with Crippen LogP contribution in [0.15, 0.2) is 65.6 Å². The van der Waals surface area contributed by atoms with E-state index in [2.05, 4.69) is 10.6 Å². The van der Waals surface area contributed by atoms with Gasteiger partial charge in [0.25, 0.3) is 17.4 Å². The quantitative estimate of drug-likeness (QED) is 0.487. The van der Waals surface area contributed by atoms with Gasteiger partial charge in [0.05, 0.1) is 34.5 Å². The first-order chi connectivity index (χ1) is 18.4. The highest BCUT2D eigenvalue weighted by Crippen LogP contribution is 2.30. The molecule has 1 aliphatic carbocycles. The summed E-state index contributed by atoms with van der Waals surface area (Å²) in [6.07, 6.45) is 2.49. The van der Waals surface area contributed by atoms with E-state index in [4.69, 9.17) is 16.3 Å². The van der Waals surface area contributed by atoms with Crippen molar-refractivity contribution in [3.8, 4) is 5.69 Å². The number of halogens is 1. The van der Waals surface area contributed by atoms with Crippen LogP contribution in [0.2, 0.25) is 4.34 Å². The van der Waals surface area contributed by atoms with Crippen molar-refractivity contribution in [2.24, 2.45) is 5.92 Å². The fraction of sp³-hybridized carbons (Fsp3) is 0.333. The normalized spacial score (nSPS) is 21.2. The van der Waals surface area contributed by atoms with Crippen LogP contribution >= 0.6 is 22.9 Å². The lowest BCUT2D eigenvalue weighted by atomic mass is 10.1. The van der Waals surface area contributed by atoms with Crippen molar-refractivity contribution in [2.75, 3.05) is 26.3 Å². The first-order valence-corrected chi connectivity index (χ1v) is 13.6. The zero-order chi connectivity index (χ0) is 26.6. The molecular formula is C27H27ClN4O5S. The van der Waals surface area contributed by atoms with Crippen LogP contribution in [0.4, 0.5) is 0 Å². The van der Waals surface area contributed by atoms with Gasteiger partial charge in [0.1, 0.15) is 0 Å². The van der Waals surface area contributed by atoms with Gasteiger partial charge in [-0.2, -0.15) is 0 Å². The van der Waals surface area contributed by atoms with Gasteiger partial charge < -0.3 is 20.3 Å². The van der Waals surface area contributed by atoms with Gasteiger partial charge in [-0.1, -0.05) is 17.7 Å². The Balaban J connectivity index is 1.31. The molecule has 5 rings (SSSR count). The molecule has 3 aromatic rings. The summed E-state index contributed by atoms with van der Waals surface area (Å²) in [5.74, 6) is -0.924. The van der Waals surface area contributed by atoms with E-state index >= 15 is 0 Å². The molecule has 3 atom stereocenters. The number of aromatic nitrogens is 1. The molecule has 1 aromatic carbocycles. The van der Waals surface area contributed by atoms with E-state index in [-0.39, 0.29) is 29.2 Å². The number of morpholine rings is 1. The second-order valence-electron chi connectivity index (χ2n) is 9.33. The Morgan fingerprint density at radius 3 is 2.21 bits per heavy atom. The summed E-state index contributed by atoms with van der Waals surface area (Å²) < 4.78 is 7.36. The van der Waals surface area contributed by atoms with Crippen molar-refractivity contribution in [3.05, 3.63) is 85.9 Å². The van der Waals surface area contributed by atoms with Gasteiger partial charge in [0.15, 0.2) is 0 Å². The van der Waals surface area contributed by atoms with Gasteiger partial charge in [0, 0.05) is 42.5 Å². The molecule has 11 heteroatoms. The number of ether oxygens (including phenoxy) is 1. The van der Waals surface area contributed by atoms with Crippen LogP contribution in [0.5, 0.6) is 0 Å². The molecule has 38 heavy (non-hydrogen) atoms. The number of rotatable bonds is 6. The summed E-state index contributed by atoms with van der Waals surface area (Å²) in [6.45, 7) is 2.08. The van der Waals surface area contributed by atoms with Crippen LogP contribution in [0.3, 0.4) is 0 Å². The molecule has 0 spiro atoms. The smallest absolute Gasteiger partial charge is 0.261 e. The number of thiophene rings is 1. The van der Waals surface area contributed by atoms with E-state index in [9.17, 15) is 19.2 Å². The number of hydrogen-bond acceptors (Lipinski definition) is 6. The standard InChI is InChI=1S/C27H27ClN4O5S/c28-23-9-8-22(38-23)26(35)30-21-16-18(27(36)31-11-13-37-14-12-31)15-20(21)29-25(34)17-4-6-19(7-5-17)32-10-2-1-3-24(32)33/h1-10,18,20-21H,11-16H2,(H,29,34)(H,30,35)/t18-,20-,21+/m0/s1. The first kappa shape index (κ1) is 26.1. The monoisotopic (exact) mass is 554 g/mol. The Morgan fingerprint density at radius 2 is 1.58 bits per heavy atom. The van der Waals surface area contributed by atoms with E-state index in [1.54, 1.807) is 59.6 Å². The molecule has 1 saturated heterocycles. The van der Waals surface area contributed by atoms with Crippen LogP contribution in [0.25, 0.3) is 5.69 Å². The highest BCUT2D eigenvalue weighted by atomic mass is 35.5. The maximum Gasteiger partial charge on any atom is 0.261 e. The number of hydrogen-bond donors (Lipinski definition) is 2. The largest absolute Gasteiger partial charge is 0.378 e. The molecule has 2 aromatic heterocycles. The van der Waals surface area contributed by atoms with Crippen molar-refractivity contribution in [3.63, 3.8) is 0 Å². The molecule has 1 aliphatic heterocycles. The van der Waals surface area contributed by atoms with Crippen LogP contribution in [-0.4, -0.2) is 65.6 Å². The molecule has 2 N–H and O–H groups in total. The third kappa shape index (κ3) is 5.82. The average Bonchev–Trinajstić information content (AvgIpc) is 3.55. The molecule has 0 unspecified atom stereocenters. The summed E-state index contributed by atoms with van der Waals surface area (Å²) in [7, 11) is 0. The third-order valence-corrected chi connectivity index (χ3v) is 8.12. The average molecular weight is 555 g/mol. The summed E-state index contributed by atoms with van der Waals surface area (Å²) in [5.41, 5.74) is 0.886. The molecular weight excluding hydrogens is 528 g/mol. The molecule has 198 valence electrons. The van der Waals surface area contributed by atoms with E-state index < -0.39 is 12.1 Å². The highest BCUT2D eigenvalue weighted by molar-refractivity contribution is 7.18. The van der Waals surface area contributed by atoms with E-state index in [1.807, 2.05) is 0 Å². The summed E-state index contributed by atoms with van der Waals surface area (Å²) in [5, 5.41) is 6.03. The number of benzene rings is 1. The van der Waals surface area contributed by atoms with Crippen LogP contribution in [0.1, 0.15) is 32.9 Å². The lowest BCUT2D eigenvalue weighted by Crippen LogP contribution is -2.48. The summed E-state index contributed by atoms with van der Waals surface area (Å²) in [4.78, 5) is 53.6. The van der Waals surface area contributed by atoms with E-state index in [0.29, 0.717) is 59.6 Å². The van der Waals surface area contributed by atoms with Gasteiger partial charge >= 0.3 is 0 Å². The van der Waals surface area contributed by atoms with Crippen molar-refractivity contribution < 1.29 is 19.1 Å². The van der Waals surface area contributed by atoms with Crippen LogP contribution in [0, 0.1) is 5.92 Å². The van der Waals surface area contributed by atoms with Gasteiger partial charge in [-0.3, -0.25) is 23.7 Å². The van der Waals surface area contributed by atoms with Crippen LogP contribution < -0.4 is 16.2 Å². The predicted octanol–water partition coefficient (Wildman–Crippen LogP) is 2.72. The molecule has 2 aliphatic rings. The lowest BCUT2D eigenvalue weighted by molar-refractivity contribution is -0.139. The zero-order valence-corrected chi connectivity index (χ0v) is 22.0. The molecule has 1 saturated carbocycles. The Bertz CT molecular complexity index is 1380. The minimum Gasteiger partial charge on any atom is -0.378 e. The molecule has 0 radical (unpaired) electrons. The van der Waals surface area contributed by atoms with Gasteiger partial charge in [-0.15, -0.1) is 11.3 Å². The highest BCUT2D eigenvalue weighted by Gasteiger charge is 2.41. The SMILES string of the molecule is O=C(N[C@H]1C[C@H](C(=O)N2CCOCC2)C[C@H]1NC(=O)c1ccc(Cl)s1)c1ccc(-n2ccccc2=O)cc1. The number of carbonyl (C=O) groups excluding carboxylic acids is 3. The Labute approximate surface area is 228 Å². The van der Waals surface area contributed by atoms with Gasteiger partial charge in [-0.25, -0.2) is 0 Å².